The number of carbonyl (C=O) groups is 2. The highest BCUT2D eigenvalue weighted by Gasteiger charge is 2.47. The number of benzene rings is 2. The van der Waals surface area contributed by atoms with Gasteiger partial charge < -0.3 is 9.47 Å². The highest BCUT2D eigenvalue weighted by molar-refractivity contribution is 9.10. The van der Waals surface area contributed by atoms with E-state index in [1.165, 1.54) is 13.8 Å². The lowest BCUT2D eigenvalue weighted by molar-refractivity contribution is -0.240. The van der Waals surface area contributed by atoms with Crippen LogP contribution in [0.3, 0.4) is 0 Å². The van der Waals surface area contributed by atoms with Gasteiger partial charge in [-0.1, -0.05) is 58.1 Å². The van der Waals surface area contributed by atoms with E-state index >= 15 is 0 Å². The molecule has 3 rings (SSSR count). The highest BCUT2D eigenvalue weighted by Crippen LogP contribution is 2.33. The summed E-state index contributed by atoms with van der Waals surface area (Å²) in [6.45, 7) is 3.06. The molecule has 0 N–H and O–H groups in total. The molecule has 5 heteroatoms. The standard InChI is InChI=1S/C21H17BrO4/c1-21(2)25-19(23)18(20(24)26-21)17(15-9-11-16(22)12-10-15)13-8-14-6-4-3-5-7-14/h3-7,9-12,17-18H,1-2H3. The van der Waals surface area contributed by atoms with E-state index in [2.05, 4.69) is 27.8 Å². The summed E-state index contributed by atoms with van der Waals surface area (Å²) in [4.78, 5) is 25.0. The third-order valence-corrected chi connectivity index (χ3v) is 4.44. The summed E-state index contributed by atoms with van der Waals surface area (Å²) in [5, 5.41) is 0. The van der Waals surface area contributed by atoms with E-state index in [1.807, 2.05) is 54.6 Å². The summed E-state index contributed by atoms with van der Waals surface area (Å²) in [6, 6.07) is 16.7. The minimum absolute atomic E-state index is 0.624. The second-order valence-electron chi connectivity index (χ2n) is 6.38. The van der Waals surface area contributed by atoms with Crippen LogP contribution in [0.5, 0.6) is 0 Å². The summed E-state index contributed by atoms with van der Waals surface area (Å²) in [5.74, 6) is 1.80. The highest BCUT2D eigenvalue weighted by atomic mass is 79.9. The number of hydrogen-bond donors (Lipinski definition) is 0. The molecular weight excluding hydrogens is 396 g/mol. The number of carbonyl (C=O) groups excluding carboxylic acids is 2. The first-order valence-electron chi connectivity index (χ1n) is 8.13. The van der Waals surface area contributed by atoms with Crippen molar-refractivity contribution in [3.63, 3.8) is 0 Å². The van der Waals surface area contributed by atoms with Gasteiger partial charge in [-0.2, -0.15) is 0 Å². The van der Waals surface area contributed by atoms with E-state index in [0.717, 1.165) is 15.6 Å². The van der Waals surface area contributed by atoms with Crippen LogP contribution in [0, 0.1) is 17.8 Å². The van der Waals surface area contributed by atoms with Crippen molar-refractivity contribution < 1.29 is 19.1 Å². The predicted octanol–water partition coefficient (Wildman–Crippen LogP) is 4.04. The molecule has 132 valence electrons. The average molecular weight is 413 g/mol. The third-order valence-electron chi connectivity index (χ3n) is 3.91. The molecule has 0 aliphatic carbocycles. The van der Waals surface area contributed by atoms with Crippen LogP contribution in [-0.4, -0.2) is 17.7 Å². The zero-order valence-corrected chi connectivity index (χ0v) is 15.9. The number of cyclic esters (lactones) is 2. The quantitative estimate of drug-likeness (QED) is 0.424. The van der Waals surface area contributed by atoms with Crippen LogP contribution in [-0.2, 0) is 19.1 Å². The normalized spacial score (nSPS) is 17.5. The van der Waals surface area contributed by atoms with Crippen molar-refractivity contribution in [2.75, 3.05) is 0 Å². The van der Waals surface area contributed by atoms with Gasteiger partial charge in [0.15, 0.2) is 5.92 Å². The van der Waals surface area contributed by atoms with Gasteiger partial charge in [0.05, 0.1) is 5.92 Å². The summed E-state index contributed by atoms with van der Waals surface area (Å²) >= 11 is 3.39. The molecule has 0 spiro atoms. The van der Waals surface area contributed by atoms with Crippen LogP contribution in [0.25, 0.3) is 0 Å². The molecule has 0 amide bonds. The smallest absolute Gasteiger partial charge is 0.325 e. The van der Waals surface area contributed by atoms with Gasteiger partial charge in [-0.3, -0.25) is 9.59 Å². The fraction of sp³-hybridized carbons (Fsp3) is 0.238. The van der Waals surface area contributed by atoms with Gasteiger partial charge in [0, 0.05) is 23.9 Å². The second kappa shape index (κ2) is 7.35. The third kappa shape index (κ3) is 4.14. The predicted molar refractivity (Wildman–Crippen MR) is 100.0 cm³/mol. The Balaban J connectivity index is 2.01. The van der Waals surface area contributed by atoms with Crippen molar-refractivity contribution in [3.8, 4) is 11.8 Å². The second-order valence-corrected chi connectivity index (χ2v) is 7.30. The van der Waals surface area contributed by atoms with E-state index < -0.39 is 29.6 Å². The van der Waals surface area contributed by atoms with Crippen molar-refractivity contribution in [2.45, 2.75) is 25.6 Å². The van der Waals surface area contributed by atoms with Crippen molar-refractivity contribution in [1.82, 2.24) is 0 Å². The molecule has 1 atom stereocenters. The van der Waals surface area contributed by atoms with E-state index in [0.29, 0.717) is 0 Å². The van der Waals surface area contributed by atoms with Gasteiger partial charge in [0.1, 0.15) is 0 Å². The molecule has 2 aromatic rings. The average Bonchev–Trinajstić information content (AvgIpc) is 2.58. The van der Waals surface area contributed by atoms with Crippen molar-refractivity contribution in [1.29, 1.82) is 0 Å². The Morgan fingerprint density at radius 1 is 0.962 bits per heavy atom. The van der Waals surface area contributed by atoms with E-state index in [9.17, 15) is 9.59 Å². The minimum Gasteiger partial charge on any atom is -0.422 e. The number of esters is 2. The van der Waals surface area contributed by atoms with E-state index in [1.54, 1.807) is 0 Å². The Hall–Kier alpha value is -2.58. The van der Waals surface area contributed by atoms with Gasteiger partial charge in [0.2, 0.25) is 0 Å². The van der Waals surface area contributed by atoms with Crippen LogP contribution in [0.4, 0.5) is 0 Å². The molecule has 1 unspecified atom stereocenters. The first-order valence-corrected chi connectivity index (χ1v) is 8.93. The molecule has 1 fully saturated rings. The van der Waals surface area contributed by atoms with E-state index in [-0.39, 0.29) is 0 Å². The molecule has 1 aliphatic rings. The number of halogens is 1. The Kier molecular flexibility index (Phi) is 5.15. The van der Waals surface area contributed by atoms with Gasteiger partial charge >= 0.3 is 11.9 Å². The lowest BCUT2D eigenvalue weighted by Crippen LogP contribution is -2.48. The molecule has 1 heterocycles. The fourth-order valence-electron chi connectivity index (χ4n) is 2.71. The van der Waals surface area contributed by atoms with Crippen LogP contribution in [0.2, 0.25) is 0 Å². The molecule has 0 bridgehead atoms. The van der Waals surface area contributed by atoms with Crippen molar-refractivity contribution in [3.05, 3.63) is 70.2 Å². The Labute approximate surface area is 160 Å². The van der Waals surface area contributed by atoms with Gasteiger partial charge in [-0.15, -0.1) is 0 Å². The molecule has 1 saturated heterocycles. The Morgan fingerprint density at radius 3 is 2.12 bits per heavy atom. The molecular formula is C21H17BrO4. The number of rotatable bonds is 2. The van der Waals surface area contributed by atoms with Crippen LogP contribution >= 0.6 is 15.9 Å². The number of ether oxygens (including phenoxy) is 2. The molecule has 0 radical (unpaired) electrons. The summed E-state index contributed by atoms with van der Waals surface area (Å²) in [7, 11) is 0. The van der Waals surface area contributed by atoms with Gasteiger partial charge in [-0.25, -0.2) is 0 Å². The Bertz CT molecular complexity index is 856. The van der Waals surface area contributed by atoms with Crippen LogP contribution in [0.1, 0.15) is 30.9 Å². The first-order chi connectivity index (χ1) is 12.4. The first kappa shape index (κ1) is 18.2. The van der Waals surface area contributed by atoms with Gasteiger partial charge in [-0.05, 0) is 29.8 Å². The Morgan fingerprint density at radius 2 is 1.54 bits per heavy atom. The fourth-order valence-corrected chi connectivity index (χ4v) is 2.98. The maximum absolute atomic E-state index is 12.5. The topological polar surface area (TPSA) is 52.6 Å². The van der Waals surface area contributed by atoms with Crippen LogP contribution < -0.4 is 0 Å². The van der Waals surface area contributed by atoms with Crippen molar-refractivity contribution in [2.24, 2.45) is 5.92 Å². The molecule has 0 saturated carbocycles. The maximum Gasteiger partial charge on any atom is 0.325 e. The minimum atomic E-state index is -1.26. The van der Waals surface area contributed by atoms with Crippen LogP contribution in [0.15, 0.2) is 59.1 Å². The zero-order chi connectivity index (χ0) is 18.7. The summed E-state index contributed by atoms with van der Waals surface area (Å²) < 4.78 is 11.4. The molecule has 1 aliphatic heterocycles. The molecule has 0 aromatic heterocycles. The largest absolute Gasteiger partial charge is 0.422 e. The zero-order valence-electron chi connectivity index (χ0n) is 14.4. The molecule has 26 heavy (non-hydrogen) atoms. The lowest BCUT2D eigenvalue weighted by atomic mass is 9.85. The van der Waals surface area contributed by atoms with Gasteiger partial charge in [0.25, 0.3) is 5.79 Å². The van der Waals surface area contributed by atoms with Crippen molar-refractivity contribution >= 4 is 27.9 Å². The summed E-state index contributed by atoms with van der Waals surface area (Å²) in [5.41, 5.74) is 1.54. The SMILES string of the molecule is CC1(C)OC(=O)C(C(C#Cc2ccccc2)c2ccc(Br)cc2)C(=O)O1. The molecule has 4 nitrogen and oxygen atoms in total. The molecule has 2 aromatic carbocycles. The monoisotopic (exact) mass is 412 g/mol. The summed E-state index contributed by atoms with van der Waals surface area (Å²) in [6.07, 6.45) is 0. The van der Waals surface area contributed by atoms with E-state index in [4.69, 9.17) is 9.47 Å². The lowest BCUT2D eigenvalue weighted by Gasteiger charge is -2.34. The maximum atomic E-state index is 12.5. The number of hydrogen-bond acceptors (Lipinski definition) is 4.